The minimum absolute atomic E-state index is 0.0169. The number of amides is 1. The summed E-state index contributed by atoms with van der Waals surface area (Å²) in [6.45, 7) is 6.07. The van der Waals surface area contributed by atoms with E-state index in [1.807, 2.05) is 26.0 Å². The zero-order valence-electron chi connectivity index (χ0n) is 11.0. The van der Waals surface area contributed by atoms with Gasteiger partial charge in [-0.2, -0.15) is 0 Å². The highest BCUT2D eigenvalue weighted by molar-refractivity contribution is 5.94. The number of hydrogen-bond acceptors (Lipinski definition) is 2. The van der Waals surface area contributed by atoms with Crippen molar-refractivity contribution in [2.24, 2.45) is 0 Å². The predicted molar refractivity (Wildman–Crippen MR) is 69.6 cm³/mol. The highest BCUT2D eigenvalue weighted by Crippen LogP contribution is 2.18. The van der Waals surface area contributed by atoms with Crippen molar-refractivity contribution in [3.8, 4) is 5.75 Å². The Labute approximate surface area is 103 Å². The molecule has 3 heteroatoms. The first-order valence-corrected chi connectivity index (χ1v) is 6.04. The van der Waals surface area contributed by atoms with Crippen molar-refractivity contribution >= 4 is 5.91 Å². The van der Waals surface area contributed by atoms with Crippen LogP contribution in [0.5, 0.6) is 5.75 Å². The molecule has 1 aromatic rings. The first-order valence-electron chi connectivity index (χ1n) is 6.04. The van der Waals surface area contributed by atoms with E-state index >= 15 is 0 Å². The summed E-state index contributed by atoms with van der Waals surface area (Å²) in [6.07, 6.45) is 2.07. The summed E-state index contributed by atoms with van der Waals surface area (Å²) in [5.74, 6) is 0.792. The standard InChI is InChI=1S/C14H21NO2/c1-5-6-11(3)15-14(16)12-7-8-13(17-4)10(2)9-12/h7-9,11H,5-6H2,1-4H3,(H,15,16)/t11-/m0/s1. The van der Waals surface area contributed by atoms with E-state index in [9.17, 15) is 4.79 Å². The van der Waals surface area contributed by atoms with Gasteiger partial charge in [0.05, 0.1) is 7.11 Å². The minimum Gasteiger partial charge on any atom is -0.496 e. The lowest BCUT2D eigenvalue weighted by Crippen LogP contribution is -2.32. The summed E-state index contributed by atoms with van der Waals surface area (Å²) in [6, 6.07) is 5.69. The molecule has 0 heterocycles. The Morgan fingerprint density at radius 3 is 2.71 bits per heavy atom. The van der Waals surface area contributed by atoms with E-state index in [1.54, 1.807) is 13.2 Å². The third kappa shape index (κ3) is 3.77. The average Bonchev–Trinajstić information content (AvgIpc) is 2.29. The Bertz CT molecular complexity index is 388. The lowest BCUT2D eigenvalue weighted by Gasteiger charge is -2.13. The van der Waals surface area contributed by atoms with Gasteiger partial charge in [0.25, 0.3) is 5.91 Å². The van der Waals surface area contributed by atoms with Gasteiger partial charge in [-0.05, 0) is 44.0 Å². The fraction of sp³-hybridized carbons (Fsp3) is 0.500. The monoisotopic (exact) mass is 235 g/mol. The third-order valence-electron chi connectivity index (χ3n) is 2.76. The quantitative estimate of drug-likeness (QED) is 0.852. The van der Waals surface area contributed by atoms with E-state index in [2.05, 4.69) is 12.2 Å². The summed E-state index contributed by atoms with van der Waals surface area (Å²) in [4.78, 5) is 11.9. The molecule has 0 aliphatic heterocycles. The zero-order valence-corrected chi connectivity index (χ0v) is 11.0. The lowest BCUT2D eigenvalue weighted by molar-refractivity contribution is 0.0938. The Morgan fingerprint density at radius 2 is 2.18 bits per heavy atom. The van der Waals surface area contributed by atoms with E-state index in [4.69, 9.17) is 4.74 Å². The van der Waals surface area contributed by atoms with Crippen molar-refractivity contribution < 1.29 is 9.53 Å². The van der Waals surface area contributed by atoms with Crippen LogP contribution in [0.3, 0.4) is 0 Å². The molecule has 0 fully saturated rings. The Morgan fingerprint density at radius 1 is 1.47 bits per heavy atom. The molecule has 0 bridgehead atoms. The summed E-state index contributed by atoms with van der Waals surface area (Å²) >= 11 is 0. The van der Waals surface area contributed by atoms with Crippen molar-refractivity contribution in [1.29, 1.82) is 0 Å². The molecule has 1 aromatic carbocycles. The van der Waals surface area contributed by atoms with E-state index < -0.39 is 0 Å². The molecule has 0 saturated heterocycles. The number of carbonyl (C=O) groups excluding carboxylic acids is 1. The van der Waals surface area contributed by atoms with Crippen LogP contribution in [0, 0.1) is 6.92 Å². The number of carbonyl (C=O) groups is 1. The molecule has 0 aliphatic carbocycles. The Kier molecular flexibility index (Phi) is 5.01. The van der Waals surface area contributed by atoms with E-state index in [0.29, 0.717) is 5.56 Å². The summed E-state index contributed by atoms with van der Waals surface area (Å²) in [7, 11) is 1.63. The van der Waals surface area contributed by atoms with Crippen molar-refractivity contribution in [2.75, 3.05) is 7.11 Å². The van der Waals surface area contributed by atoms with Gasteiger partial charge in [0.2, 0.25) is 0 Å². The number of rotatable bonds is 5. The van der Waals surface area contributed by atoms with Crippen molar-refractivity contribution in [3.63, 3.8) is 0 Å². The fourth-order valence-electron chi connectivity index (χ4n) is 1.83. The molecule has 0 aromatic heterocycles. The third-order valence-corrected chi connectivity index (χ3v) is 2.76. The normalized spacial score (nSPS) is 12.0. The molecule has 1 amide bonds. The van der Waals surface area contributed by atoms with Gasteiger partial charge in [0.15, 0.2) is 0 Å². The van der Waals surface area contributed by atoms with Gasteiger partial charge in [0, 0.05) is 11.6 Å². The van der Waals surface area contributed by atoms with Crippen LogP contribution in [-0.2, 0) is 0 Å². The van der Waals surface area contributed by atoms with E-state index in [-0.39, 0.29) is 11.9 Å². The first-order chi connectivity index (χ1) is 8.08. The van der Waals surface area contributed by atoms with Crippen molar-refractivity contribution in [3.05, 3.63) is 29.3 Å². The van der Waals surface area contributed by atoms with Gasteiger partial charge in [-0.1, -0.05) is 13.3 Å². The van der Waals surface area contributed by atoms with Crippen LogP contribution >= 0.6 is 0 Å². The molecule has 1 N–H and O–H groups in total. The molecule has 0 aliphatic rings. The summed E-state index contributed by atoms with van der Waals surface area (Å²) in [5, 5.41) is 2.98. The molecular weight excluding hydrogens is 214 g/mol. The van der Waals surface area contributed by atoms with Crippen LogP contribution in [0.25, 0.3) is 0 Å². The van der Waals surface area contributed by atoms with Crippen LogP contribution in [-0.4, -0.2) is 19.1 Å². The molecule has 17 heavy (non-hydrogen) atoms. The van der Waals surface area contributed by atoms with Gasteiger partial charge < -0.3 is 10.1 Å². The molecule has 0 unspecified atom stereocenters. The number of nitrogens with one attached hydrogen (secondary N) is 1. The second-order valence-electron chi connectivity index (χ2n) is 4.35. The second-order valence-corrected chi connectivity index (χ2v) is 4.35. The van der Waals surface area contributed by atoms with Crippen LogP contribution in [0.4, 0.5) is 0 Å². The molecule has 94 valence electrons. The van der Waals surface area contributed by atoms with Crippen LogP contribution < -0.4 is 10.1 Å². The smallest absolute Gasteiger partial charge is 0.251 e. The summed E-state index contributed by atoms with van der Waals surface area (Å²) < 4.78 is 5.17. The zero-order chi connectivity index (χ0) is 12.8. The topological polar surface area (TPSA) is 38.3 Å². The number of hydrogen-bond donors (Lipinski definition) is 1. The van der Waals surface area contributed by atoms with Gasteiger partial charge in [-0.3, -0.25) is 4.79 Å². The highest BCUT2D eigenvalue weighted by Gasteiger charge is 2.10. The molecule has 1 rings (SSSR count). The molecule has 0 spiro atoms. The number of ether oxygens (including phenoxy) is 1. The predicted octanol–water partition coefficient (Wildman–Crippen LogP) is 2.92. The van der Waals surface area contributed by atoms with Gasteiger partial charge in [-0.25, -0.2) is 0 Å². The number of methoxy groups -OCH3 is 1. The first kappa shape index (κ1) is 13.6. The van der Waals surface area contributed by atoms with Crippen molar-refractivity contribution in [1.82, 2.24) is 5.32 Å². The van der Waals surface area contributed by atoms with E-state index in [0.717, 1.165) is 24.2 Å². The maximum absolute atomic E-state index is 11.9. The Hall–Kier alpha value is -1.51. The SMILES string of the molecule is CCC[C@H](C)NC(=O)c1ccc(OC)c(C)c1. The van der Waals surface area contributed by atoms with Crippen LogP contribution in [0.15, 0.2) is 18.2 Å². The minimum atomic E-state index is -0.0169. The molecule has 0 saturated carbocycles. The molecular formula is C14H21NO2. The van der Waals surface area contributed by atoms with Crippen LogP contribution in [0.2, 0.25) is 0 Å². The van der Waals surface area contributed by atoms with Gasteiger partial charge >= 0.3 is 0 Å². The van der Waals surface area contributed by atoms with Gasteiger partial charge in [0.1, 0.15) is 5.75 Å². The fourth-order valence-corrected chi connectivity index (χ4v) is 1.83. The molecule has 0 radical (unpaired) electrons. The van der Waals surface area contributed by atoms with E-state index in [1.165, 1.54) is 0 Å². The maximum Gasteiger partial charge on any atom is 0.251 e. The van der Waals surface area contributed by atoms with Gasteiger partial charge in [-0.15, -0.1) is 0 Å². The molecule has 1 atom stereocenters. The Balaban J connectivity index is 2.72. The number of aryl methyl sites for hydroxylation is 1. The lowest BCUT2D eigenvalue weighted by atomic mass is 10.1. The molecule has 3 nitrogen and oxygen atoms in total. The summed E-state index contributed by atoms with van der Waals surface area (Å²) in [5.41, 5.74) is 1.66. The second kappa shape index (κ2) is 6.28. The van der Waals surface area contributed by atoms with Crippen molar-refractivity contribution in [2.45, 2.75) is 39.7 Å². The number of benzene rings is 1. The maximum atomic E-state index is 11.9. The largest absolute Gasteiger partial charge is 0.496 e. The average molecular weight is 235 g/mol. The highest BCUT2D eigenvalue weighted by atomic mass is 16.5. The van der Waals surface area contributed by atoms with Crippen LogP contribution in [0.1, 0.15) is 42.6 Å².